The average molecular weight is 483 g/mol. The number of anilines is 3. The van der Waals surface area contributed by atoms with Gasteiger partial charge in [-0.2, -0.15) is 0 Å². The highest BCUT2D eigenvalue weighted by Gasteiger charge is 2.58. The predicted molar refractivity (Wildman–Crippen MR) is 153 cm³/mol. The quantitative estimate of drug-likeness (QED) is 0.306. The normalized spacial score (nSPS) is 14.1. The lowest BCUT2D eigenvalue weighted by Gasteiger charge is -2.52. The molecule has 4 rings (SSSR count). The number of para-hydroxylation sites is 3. The minimum absolute atomic E-state index is 0.432. The summed E-state index contributed by atoms with van der Waals surface area (Å²) >= 11 is 0. The van der Waals surface area contributed by atoms with Crippen LogP contribution in [0.2, 0.25) is 0 Å². The molecular weight excluding hydrogens is 447 g/mol. The van der Waals surface area contributed by atoms with E-state index in [4.69, 9.17) is 14.0 Å². The average Bonchev–Trinajstić information content (AvgIpc) is 2.94. The van der Waals surface area contributed by atoms with Crippen molar-refractivity contribution in [2.45, 2.75) is 40.0 Å². The SMILES string of the molecule is CCCOB1N(c2ccccc2)B(OCCC)N(c2ccccc2)B(OCCC)N1c1ccccc1. The van der Waals surface area contributed by atoms with Crippen LogP contribution in [0.5, 0.6) is 0 Å². The fourth-order valence-electron chi connectivity index (χ4n) is 4.45. The second-order valence-corrected chi connectivity index (χ2v) is 8.82. The first-order valence-corrected chi connectivity index (χ1v) is 13.1. The fraction of sp³-hybridized carbons (Fsp3) is 0.333. The zero-order chi connectivity index (χ0) is 25.2. The van der Waals surface area contributed by atoms with E-state index in [1.165, 1.54) is 0 Å². The maximum absolute atomic E-state index is 6.64. The van der Waals surface area contributed by atoms with E-state index in [1.807, 2.05) is 18.2 Å². The van der Waals surface area contributed by atoms with Crippen LogP contribution in [0, 0.1) is 0 Å². The Morgan fingerprint density at radius 1 is 0.444 bits per heavy atom. The van der Waals surface area contributed by atoms with Crippen molar-refractivity contribution in [1.29, 1.82) is 0 Å². The van der Waals surface area contributed by atoms with Crippen molar-refractivity contribution in [2.75, 3.05) is 34.0 Å². The summed E-state index contributed by atoms with van der Waals surface area (Å²) in [5.74, 6) is 0. The number of nitrogens with zero attached hydrogens (tertiary/aromatic N) is 3. The maximum Gasteiger partial charge on any atom is 0.529 e. The van der Waals surface area contributed by atoms with Crippen molar-refractivity contribution in [1.82, 2.24) is 0 Å². The van der Waals surface area contributed by atoms with Crippen LogP contribution in [0.25, 0.3) is 0 Å². The van der Waals surface area contributed by atoms with Crippen molar-refractivity contribution in [2.24, 2.45) is 0 Å². The molecule has 9 heteroatoms. The van der Waals surface area contributed by atoms with E-state index in [9.17, 15) is 0 Å². The third kappa shape index (κ3) is 5.92. The Morgan fingerprint density at radius 2 is 0.694 bits per heavy atom. The van der Waals surface area contributed by atoms with Gasteiger partial charge in [0.25, 0.3) is 0 Å². The van der Waals surface area contributed by atoms with Gasteiger partial charge >= 0.3 is 21.6 Å². The lowest BCUT2D eigenvalue weighted by Crippen LogP contribution is -2.81. The lowest BCUT2D eigenvalue weighted by molar-refractivity contribution is 0.288. The van der Waals surface area contributed by atoms with Crippen molar-refractivity contribution in [3.05, 3.63) is 91.0 Å². The number of hydrogen-bond acceptors (Lipinski definition) is 6. The summed E-state index contributed by atoms with van der Waals surface area (Å²) in [5.41, 5.74) is 3.07. The Morgan fingerprint density at radius 3 is 0.917 bits per heavy atom. The van der Waals surface area contributed by atoms with Crippen LogP contribution in [0.3, 0.4) is 0 Å². The van der Waals surface area contributed by atoms with Gasteiger partial charge in [0, 0.05) is 36.9 Å². The summed E-state index contributed by atoms with van der Waals surface area (Å²) in [6, 6.07) is 31.1. The highest BCUT2D eigenvalue weighted by Crippen LogP contribution is 2.34. The molecule has 0 saturated carbocycles. The zero-order valence-electron chi connectivity index (χ0n) is 21.7. The Labute approximate surface area is 217 Å². The van der Waals surface area contributed by atoms with Crippen LogP contribution in [-0.4, -0.2) is 41.4 Å². The van der Waals surface area contributed by atoms with Crippen LogP contribution in [-0.2, 0) is 14.0 Å². The molecule has 186 valence electrons. The van der Waals surface area contributed by atoms with E-state index >= 15 is 0 Å². The maximum atomic E-state index is 6.64. The molecule has 0 atom stereocenters. The van der Waals surface area contributed by atoms with E-state index in [0.717, 1.165) is 36.3 Å². The number of benzene rings is 3. The van der Waals surface area contributed by atoms with E-state index in [0.29, 0.717) is 19.8 Å². The van der Waals surface area contributed by atoms with Crippen LogP contribution in [0.4, 0.5) is 17.1 Å². The van der Waals surface area contributed by atoms with E-state index in [1.54, 1.807) is 0 Å². The van der Waals surface area contributed by atoms with Gasteiger partial charge in [-0.05, 0) is 55.7 Å². The van der Waals surface area contributed by atoms with Crippen LogP contribution in [0.1, 0.15) is 40.0 Å². The lowest BCUT2D eigenvalue weighted by atomic mass is 9.60. The molecule has 1 aliphatic heterocycles. The standard InChI is InChI=1S/C27H36B3N3O3/c1-4-22-34-28-31(25-16-10-7-11-17-25)29(35-23-5-2)33(27-20-14-9-15-21-27)30(36-24-6-3)32(28)26-18-12-8-13-19-26/h7-21H,4-6,22-24H2,1-3H3. The van der Waals surface area contributed by atoms with E-state index in [-0.39, 0.29) is 0 Å². The van der Waals surface area contributed by atoms with Gasteiger partial charge in [0.15, 0.2) is 0 Å². The summed E-state index contributed by atoms with van der Waals surface area (Å²) in [5, 5.41) is 0. The van der Waals surface area contributed by atoms with E-state index < -0.39 is 21.6 Å². The second-order valence-electron chi connectivity index (χ2n) is 8.82. The minimum atomic E-state index is -0.432. The first-order valence-electron chi connectivity index (χ1n) is 13.1. The highest BCUT2D eigenvalue weighted by atomic mass is 16.5. The first kappa shape index (κ1) is 26.2. The van der Waals surface area contributed by atoms with Crippen molar-refractivity contribution in [3.8, 4) is 0 Å². The Kier molecular flexibility index (Phi) is 9.79. The molecule has 0 radical (unpaired) electrons. The summed E-state index contributed by atoms with van der Waals surface area (Å²) in [6.07, 6.45) is 2.72. The smallest absolute Gasteiger partial charge is 0.399 e. The molecule has 0 spiro atoms. The van der Waals surface area contributed by atoms with Gasteiger partial charge in [-0.25, -0.2) is 0 Å². The van der Waals surface area contributed by atoms with Gasteiger partial charge in [-0.15, -0.1) is 0 Å². The third-order valence-electron chi connectivity index (χ3n) is 6.00. The second kappa shape index (κ2) is 13.4. The summed E-state index contributed by atoms with van der Waals surface area (Å²) in [4.78, 5) is 0. The summed E-state index contributed by atoms with van der Waals surface area (Å²) in [6.45, 7) is 8.25. The molecule has 6 nitrogen and oxygen atoms in total. The Hall–Kier alpha value is -2.87. The fourth-order valence-corrected chi connectivity index (χ4v) is 4.45. The van der Waals surface area contributed by atoms with Crippen LogP contribution in [0.15, 0.2) is 91.0 Å². The van der Waals surface area contributed by atoms with Crippen molar-refractivity contribution >= 4 is 38.6 Å². The van der Waals surface area contributed by atoms with Gasteiger partial charge in [0.1, 0.15) is 0 Å². The Bertz CT molecular complexity index is 876. The monoisotopic (exact) mass is 483 g/mol. The van der Waals surface area contributed by atoms with Gasteiger partial charge < -0.3 is 28.1 Å². The van der Waals surface area contributed by atoms with Gasteiger partial charge in [-0.3, -0.25) is 0 Å². The predicted octanol–water partition coefficient (Wildman–Crippen LogP) is 5.75. The van der Waals surface area contributed by atoms with E-state index in [2.05, 4.69) is 108 Å². The number of hydrogen-bond donors (Lipinski definition) is 0. The first-order chi connectivity index (χ1) is 17.8. The molecule has 0 bridgehead atoms. The molecule has 1 fully saturated rings. The number of rotatable bonds is 12. The molecule has 0 amide bonds. The third-order valence-corrected chi connectivity index (χ3v) is 6.00. The molecule has 0 unspecified atom stereocenters. The molecule has 1 heterocycles. The molecule has 0 N–H and O–H groups in total. The highest BCUT2D eigenvalue weighted by molar-refractivity contribution is 7.00. The van der Waals surface area contributed by atoms with Crippen LogP contribution < -0.4 is 14.2 Å². The molecule has 3 aromatic rings. The van der Waals surface area contributed by atoms with Crippen LogP contribution >= 0.6 is 0 Å². The zero-order valence-corrected chi connectivity index (χ0v) is 21.7. The van der Waals surface area contributed by atoms with Gasteiger partial charge in [0.2, 0.25) is 0 Å². The largest absolute Gasteiger partial charge is 0.529 e. The molecule has 36 heavy (non-hydrogen) atoms. The Balaban J connectivity index is 1.93. The summed E-state index contributed by atoms with van der Waals surface area (Å²) < 4.78 is 26.6. The van der Waals surface area contributed by atoms with Crippen molar-refractivity contribution in [3.63, 3.8) is 0 Å². The molecule has 0 aliphatic carbocycles. The summed E-state index contributed by atoms with van der Waals surface area (Å²) in [7, 11) is -1.30. The topological polar surface area (TPSA) is 37.4 Å². The molecule has 1 saturated heterocycles. The molecule has 0 aromatic heterocycles. The molecular formula is C27H36B3N3O3. The van der Waals surface area contributed by atoms with Gasteiger partial charge in [0.05, 0.1) is 0 Å². The minimum Gasteiger partial charge on any atom is -0.399 e. The van der Waals surface area contributed by atoms with Crippen molar-refractivity contribution < 1.29 is 14.0 Å². The molecule has 3 aromatic carbocycles. The van der Waals surface area contributed by atoms with Gasteiger partial charge in [-0.1, -0.05) is 75.4 Å². The molecule has 1 aliphatic rings.